The fraction of sp³-hybridized carbons (Fsp3) is 0.375. The first-order chi connectivity index (χ1) is 9.36. The van der Waals surface area contributed by atoms with E-state index >= 15 is 0 Å². The van der Waals surface area contributed by atoms with Gasteiger partial charge in [-0.1, -0.05) is 46.3 Å². The van der Waals surface area contributed by atoms with Crippen LogP contribution < -0.4 is 4.74 Å². The third kappa shape index (κ3) is 3.71. The van der Waals surface area contributed by atoms with Crippen LogP contribution in [0.25, 0.3) is 10.8 Å². The predicted octanol–water partition coefficient (Wildman–Crippen LogP) is 4.54. The zero-order chi connectivity index (χ0) is 13.5. The first kappa shape index (κ1) is 14.4. The summed E-state index contributed by atoms with van der Waals surface area (Å²) in [6, 6.07) is 12.6. The average molecular weight is 323 g/mol. The van der Waals surface area contributed by atoms with Crippen LogP contribution in [0.5, 0.6) is 5.75 Å². The van der Waals surface area contributed by atoms with E-state index in [4.69, 9.17) is 9.47 Å². The van der Waals surface area contributed by atoms with Crippen molar-refractivity contribution in [3.8, 4) is 5.75 Å². The molecule has 0 saturated carbocycles. The van der Waals surface area contributed by atoms with Gasteiger partial charge in [0.05, 0.1) is 6.61 Å². The Kier molecular flexibility index (Phi) is 5.67. The van der Waals surface area contributed by atoms with Crippen molar-refractivity contribution in [2.75, 3.05) is 19.8 Å². The molecule has 0 N–H and O–H groups in total. The van der Waals surface area contributed by atoms with E-state index in [9.17, 15) is 0 Å². The van der Waals surface area contributed by atoms with Crippen molar-refractivity contribution < 1.29 is 9.47 Å². The Morgan fingerprint density at radius 3 is 2.68 bits per heavy atom. The van der Waals surface area contributed by atoms with Crippen LogP contribution in [0.4, 0.5) is 0 Å². The van der Waals surface area contributed by atoms with Crippen LogP contribution in [0.2, 0.25) is 0 Å². The molecule has 2 nitrogen and oxygen atoms in total. The van der Waals surface area contributed by atoms with E-state index in [-0.39, 0.29) is 0 Å². The van der Waals surface area contributed by atoms with Crippen LogP contribution in [-0.2, 0) is 10.1 Å². The normalized spacial score (nSPS) is 10.8. The van der Waals surface area contributed by atoms with Gasteiger partial charge in [-0.25, -0.2) is 0 Å². The maximum absolute atomic E-state index is 5.87. The molecular formula is C16H19BrO2. The van der Waals surface area contributed by atoms with E-state index < -0.39 is 0 Å². The van der Waals surface area contributed by atoms with Crippen LogP contribution in [-0.4, -0.2) is 19.8 Å². The highest BCUT2D eigenvalue weighted by molar-refractivity contribution is 9.08. The minimum atomic E-state index is 0.693. The van der Waals surface area contributed by atoms with Crippen LogP contribution in [0.15, 0.2) is 36.4 Å². The van der Waals surface area contributed by atoms with Crippen molar-refractivity contribution in [1.82, 2.24) is 0 Å². The van der Waals surface area contributed by atoms with Gasteiger partial charge < -0.3 is 9.47 Å². The second-order valence-corrected chi connectivity index (χ2v) is 4.86. The zero-order valence-electron chi connectivity index (χ0n) is 11.2. The molecular weight excluding hydrogens is 304 g/mol. The van der Waals surface area contributed by atoms with Crippen molar-refractivity contribution in [3.63, 3.8) is 0 Å². The summed E-state index contributed by atoms with van der Waals surface area (Å²) in [5, 5.41) is 3.30. The molecule has 2 aromatic carbocycles. The van der Waals surface area contributed by atoms with Gasteiger partial charge in [-0.05, 0) is 23.8 Å². The SMILES string of the molecule is CCOCCCOc1ccc2ccccc2c1CBr. The molecule has 0 saturated heterocycles. The number of rotatable bonds is 7. The van der Waals surface area contributed by atoms with Gasteiger partial charge in [0.1, 0.15) is 5.75 Å². The molecule has 0 aromatic heterocycles. The summed E-state index contributed by atoms with van der Waals surface area (Å²) >= 11 is 3.56. The van der Waals surface area contributed by atoms with Crippen molar-refractivity contribution >= 4 is 26.7 Å². The second-order valence-electron chi connectivity index (χ2n) is 4.30. The standard InChI is InChI=1S/C16H19BrO2/c1-2-18-10-5-11-19-16-9-8-13-6-3-4-7-14(13)15(16)12-17/h3-4,6-9H,2,5,10-12H2,1H3. The molecule has 0 aliphatic rings. The van der Waals surface area contributed by atoms with Crippen LogP contribution in [0.3, 0.4) is 0 Å². The lowest BCUT2D eigenvalue weighted by atomic mass is 10.0. The number of halogens is 1. The molecule has 19 heavy (non-hydrogen) atoms. The Morgan fingerprint density at radius 2 is 1.89 bits per heavy atom. The van der Waals surface area contributed by atoms with Crippen molar-refractivity contribution in [1.29, 1.82) is 0 Å². The van der Waals surface area contributed by atoms with Gasteiger partial charge in [-0.2, -0.15) is 0 Å². The predicted molar refractivity (Wildman–Crippen MR) is 83.2 cm³/mol. The Labute approximate surface area is 122 Å². The van der Waals surface area contributed by atoms with E-state index in [1.54, 1.807) is 0 Å². The van der Waals surface area contributed by atoms with Gasteiger partial charge in [-0.3, -0.25) is 0 Å². The molecule has 2 rings (SSSR count). The Bertz CT molecular complexity index is 525. The van der Waals surface area contributed by atoms with Gasteiger partial charge in [0.15, 0.2) is 0 Å². The van der Waals surface area contributed by atoms with E-state index in [1.165, 1.54) is 16.3 Å². The molecule has 3 heteroatoms. The summed E-state index contributed by atoms with van der Waals surface area (Å²) in [7, 11) is 0. The Balaban J connectivity index is 2.10. The zero-order valence-corrected chi connectivity index (χ0v) is 12.8. The number of ether oxygens (including phenoxy) is 2. The van der Waals surface area contributed by atoms with Gasteiger partial charge in [0.2, 0.25) is 0 Å². The van der Waals surface area contributed by atoms with Crippen LogP contribution in [0.1, 0.15) is 18.9 Å². The summed E-state index contributed by atoms with van der Waals surface area (Å²) in [6.45, 7) is 4.22. The van der Waals surface area contributed by atoms with E-state index in [0.29, 0.717) is 6.61 Å². The highest BCUT2D eigenvalue weighted by atomic mass is 79.9. The highest BCUT2D eigenvalue weighted by Crippen LogP contribution is 2.30. The third-order valence-electron chi connectivity index (χ3n) is 3.03. The van der Waals surface area contributed by atoms with E-state index in [0.717, 1.165) is 30.7 Å². The molecule has 102 valence electrons. The Morgan fingerprint density at radius 1 is 1.05 bits per heavy atom. The van der Waals surface area contributed by atoms with Gasteiger partial charge >= 0.3 is 0 Å². The first-order valence-corrected chi connectivity index (χ1v) is 7.76. The monoisotopic (exact) mass is 322 g/mol. The van der Waals surface area contributed by atoms with E-state index in [2.05, 4.69) is 52.3 Å². The molecule has 0 spiro atoms. The van der Waals surface area contributed by atoms with Crippen molar-refractivity contribution in [3.05, 3.63) is 42.0 Å². The molecule has 0 amide bonds. The van der Waals surface area contributed by atoms with Crippen LogP contribution >= 0.6 is 15.9 Å². The summed E-state index contributed by atoms with van der Waals surface area (Å²) in [6.07, 6.45) is 0.919. The largest absolute Gasteiger partial charge is 0.493 e. The summed E-state index contributed by atoms with van der Waals surface area (Å²) < 4.78 is 11.2. The summed E-state index contributed by atoms with van der Waals surface area (Å²) in [5.74, 6) is 0.965. The minimum absolute atomic E-state index is 0.693. The van der Waals surface area contributed by atoms with Crippen molar-refractivity contribution in [2.45, 2.75) is 18.7 Å². The topological polar surface area (TPSA) is 18.5 Å². The molecule has 0 heterocycles. The lowest BCUT2D eigenvalue weighted by molar-refractivity contribution is 0.130. The summed E-state index contributed by atoms with van der Waals surface area (Å²) in [4.78, 5) is 0. The van der Waals surface area contributed by atoms with Crippen molar-refractivity contribution in [2.24, 2.45) is 0 Å². The maximum Gasteiger partial charge on any atom is 0.123 e. The molecule has 0 atom stereocenters. The number of alkyl halides is 1. The molecule has 0 fully saturated rings. The smallest absolute Gasteiger partial charge is 0.123 e. The van der Waals surface area contributed by atoms with Gasteiger partial charge in [0.25, 0.3) is 0 Å². The van der Waals surface area contributed by atoms with Crippen LogP contribution in [0, 0.1) is 0 Å². The molecule has 0 unspecified atom stereocenters. The summed E-state index contributed by atoms with van der Waals surface area (Å²) in [5.41, 5.74) is 1.22. The lowest BCUT2D eigenvalue weighted by Crippen LogP contribution is -2.04. The number of hydrogen-bond donors (Lipinski definition) is 0. The molecule has 0 aliphatic heterocycles. The highest BCUT2D eigenvalue weighted by Gasteiger charge is 2.07. The first-order valence-electron chi connectivity index (χ1n) is 6.64. The Hall–Kier alpha value is -1.06. The molecule has 2 aromatic rings. The molecule has 0 bridgehead atoms. The number of hydrogen-bond acceptors (Lipinski definition) is 2. The average Bonchev–Trinajstić information content (AvgIpc) is 2.46. The fourth-order valence-corrected chi connectivity index (χ4v) is 2.65. The quantitative estimate of drug-likeness (QED) is 0.550. The van der Waals surface area contributed by atoms with Gasteiger partial charge in [0, 0.05) is 30.5 Å². The maximum atomic E-state index is 5.87. The third-order valence-corrected chi connectivity index (χ3v) is 3.59. The van der Waals surface area contributed by atoms with E-state index in [1.807, 2.05) is 6.92 Å². The second kappa shape index (κ2) is 7.51. The number of benzene rings is 2. The lowest BCUT2D eigenvalue weighted by Gasteiger charge is -2.12. The molecule has 0 radical (unpaired) electrons. The number of fused-ring (bicyclic) bond motifs is 1. The molecule has 0 aliphatic carbocycles. The fourth-order valence-electron chi connectivity index (χ4n) is 2.08. The minimum Gasteiger partial charge on any atom is -0.493 e. The van der Waals surface area contributed by atoms with Gasteiger partial charge in [-0.15, -0.1) is 0 Å².